The number of hydrogen-bond acceptors (Lipinski definition) is 1. The van der Waals surface area contributed by atoms with Gasteiger partial charge in [-0.25, -0.2) is 0 Å². The van der Waals surface area contributed by atoms with Gasteiger partial charge in [0.1, 0.15) is 0 Å². The van der Waals surface area contributed by atoms with Gasteiger partial charge in [-0.2, -0.15) is 0 Å². The molecule has 0 radical (unpaired) electrons. The fourth-order valence-electron chi connectivity index (χ4n) is 2.98. The Morgan fingerprint density at radius 3 is 2.21 bits per heavy atom. The van der Waals surface area contributed by atoms with E-state index in [1.54, 1.807) is 0 Å². The van der Waals surface area contributed by atoms with Crippen molar-refractivity contribution in [2.24, 2.45) is 17.8 Å². The Morgan fingerprint density at radius 2 is 1.68 bits per heavy atom. The van der Waals surface area contributed by atoms with Crippen molar-refractivity contribution in [1.82, 2.24) is 4.90 Å². The molecule has 1 heterocycles. The van der Waals surface area contributed by atoms with Gasteiger partial charge in [-0.05, 0) is 37.0 Å². The summed E-state index contributed by atoms with van der Waals surface area (Å²) >= 11 is 0. The molecule has 0 saturated carbocycles. The first-order chi connectivity index (χ1) is 9.00. The topological polar surface area (TPSA) is 20.3 Å². The lowest BCUT2D eigenvalue weighted by molar-refractivity contribution is -0.132. The minimum atomic E-state index is 0.395. The Balaban J connectivity index is 2.11. The summed E-state index contributed by atoms with van der Waals surface area (Å²) in [5.41, 5.74) is 0. The lowest BCUT2D eigenvalue weighted by atomic mass is 9.86. The molecular weight excluding hydrogens is 234 g/mol. The summed E-state index contributed by atoms with van der Waals surface area (Å²) in [5.74, 6) is 2.79. The van der Waals surface area contributed by atoms with Crippen LogP contribution in [-0.2, 0) is 4.79 Å². The largest absolute Gasteiger partial charge is 0.343 e. The SMILES string of the molecule is CC(C)CCCCCC(=O)N1CCC(C(C)C)CC1. The maximum absolute atomic E-state index is 12.1. The fraction of sp³-hybridized carbons (Fsp3) is 0.941. The van der Waals surface area contributed by atoms with Gasteiger partial charge in [0.05, 0.1) is 0 Å². The van der Waals surface area contributed by atoms with Crippen LogP contribution in [0.5, 0.6) is 0 Å². The van der Waals surface area contributed by atoms with E-state index in [2.05, 4.69) is 32.6 Å². The molecule has 0 unspecified atom stereocenters. The van der Waals surface area contributed by atoms with E-state index in [1.807, 2.05) is 0 Å². The molecule has 0 aromatic rings. The number of unbranched alkanes of at least 4 members (excludes halogenated alkanes) is 2. The molecule has 0 aliphatic carbocycles. The second kappa shape index (κ2) is 8.60. The maximum atomic E-state index is 12.1. The summed E-state index contributed by atoms with van der Waals surface area (Å²) in [5, 5.41) is 0. The van der Waals surface area contributed by atoms with Crippen LogP contribution in [0.15, 0.2) is 0 Å². The van der Waals surface area contributed by atoms with Crippen molar-refractivity contribution in [2.45, 2.75) is 72.6 Å². The van der Waals surface area contributed by atoms with Crippen molar-refractivity contribution >= 4 is 5.91 Å². The average molecular weight is 267 g/mol. The molecule has 1 rings (SSSR count). The number of nitrogens with zero attached hydrogens (tertiary/aromatic N) is 1. The normalized spacial score (nSPS) is 17.5. The molecule has 2 nitrogen and oxygen atoms in total. The minimum absolute atomic E-state index is 0.395. The van der Waals surface area contributed by atoms with E-state index in [4.69, 9.17) is 0 Å². The Kier molecular flexibility index (Phi) is 7.48. The predicted octanol–water partition coefficient (Wildman–Crippen LogP) is 4.49. The smallest absolute Gasteiger partial charge is 0.222 e. The number of carbonyl (C=O) groups excluding carboxylic acids is 1. The van der Waals surface area contributed by atoms with Gasteiger partial charge >= 0.3 is 0 Å². The van der Waals surface area contributed by atoms with Crippen LogP contribution in [0.1, 0.15) is 72.6 Å². The van der Waals surface area contributed by atoms with Crippen LogP contribution in [0.4, 0.5) is 0 Å². The summed E-state index contributed by atoms with van der Waals surface area (Å²) < 4.78 is 0. The van der Waals surface area contributed by atoms with Gasteiger partial charge in [0, 0.05) is 19.5 Å². The second-order valence-corrected chi connectivity index (χ2v) is 6.96. The zero-order chi connectivity index (χ0) is 14.3. The van der Waals surface area contributed by atoms with Crippen molar-refractivity contribution in [3.05, 3.63) is 0 Å². The molecule has 0 aromatic carbocycles. The lowest BCUT2D eigenvalue weighted by Crippen LogP contribution is -2.39. The molecular formula is C17H33NO. The molecule has 1 aliphatic rings. The highest BCUT2D eigenvalue weighted by molar-refractivity contribution is 5.76. The predicted molar refractivity (Wildman–Crippen MR) is 82.1 cm³/mol. The van der Waals surface area contributed by atoms with E-state index in [1.165, 1.54) is 32.1 Å². The first-order valence-electron chi connectivity index (χ1n) is 8.28. The summed E-state index contributed by atoms with van der Waals surface area (Å²) in [7, 11) is 0. The quantitative estimate of drug-likeness (QED) is 0.622. The van der Waals surface area contributed by atoms with Crippen LogP contribution in [0, 0.1) is 17.8 Å². The standard InChI is InChI=1S/C17H33NO/c1-14(2)8-6-5-7-9-17(19)18-12-10-16(11-13-18)15(3)4/h14-16H,5-13H2,1-4H3. The van der Waals surface area contributed by atoms with Crippen molar-refractivity contribution in [3.63, 3.8) is 0 Å². The van der Waals surface area contributed by atoms with E-state index in [9.17, 15) is 4.79 Å². The zero-order valence-corrected chi connectivity index (χ0v) is 13.5. The average Bonchev–Trinajstić information content (AvgIpc) is 2.37. The molecule has 1 fully saturated rings. The molecule has 19 heavy (non-hydrogen) atoms. The highest BCUT2D eigenvalue weighted by Crippen LogP contribution is 2.24. The van der Waals surface area contributed by atoms with E-state index in [-0.39, 0.29) is 0 Å². The van der Waals surface area contributed by atoms with Crippen LogP contribution in [0.25, 0.3) is 0 Å². The van der Waals surface area contributed by atoms with Gasteiger partial charge in [0.15, 0.2) is 0 Å². The summed E-state index contributed by atoms with van der Waals surface area (Å²) in [6.45, 7) is 11.1. The van der Waals surface area contributed by atoms with Crippen molar-refractivity contribution in [1.29, 1.82) is 0 Å². The Morgan fingerprint density at radius 1 is 1.05 bits per heavy atom. The molecule has 0 bridgehead atoms. The third-order valence-corrected chi connectivity index (χ3v) is 4.51. The first-order valence-corrected chi connectivity index (χ1v) is 8.28. The number of carbonyl (C=O) groups is 1. The molecule has 2 heteroatoms. The van der Waals surface area contributed by atoms with Crippen molar-refractivity contribution in [2.75, 3.05) is 13.1 Å². The lowest BCUT2D eigenvalue weighted by Gasteiger charge is -2.34. The molecule has 1 aliphatic heterocycles. The third kappa shape index (κ3) is 6.44. The number of likely N-dealkylation sites (tertiary alicyclic amines) is 1. The number of piperidine rings is 1. The molecule has 112 valence electrons. The van der Waals surface area contributed by atoms with Crippen LogP contribution in [0.2, 0.25) is 0 Å². The van der Waals surface area contributed by atoms with Gasteiger partial charge in [-0.3, -0.25) is 4.79 Å². The van der Waals surface area contributed by atoms with Gasteiger partial charge in [0.2, 0.25) is 5.91 Å². The summed E-state index contributed by atoms with van der Waals surface area (Å²) in [6, 6.07) is 0. The fourth-order valence-corrected chi connectivity index (χ4v) is 2.98. The molecule has 1 saturated heterocycles. The Bertz CT molecular complexity index is 252. The van der Waals surface area contributed by atoms with Crippen LogP contribution in [-0.4, -0.2) is 23.9 Å². The zero-order valence-electron chi connectivity index (χ0n) is 13.5. The first kappa shape index (κ1) is 16.5. The number of rotatable bonds is 7. The molecule has 0 aromatic heterocycles. The van der Waals surface area contributed by atoms with Crippen LogP contribution < -0.4 is 0 Å². The second-order valence-electron chi connectivity index (χ2n) is 6.96. The van der Waals surface area contributed by atoms with Crippen molar-refractivity contribution < 1.29 is 4.79 Å². The Hall–Kier alpha value is -0.530. The monoisotopic (exact) mass is 267 g/mol. The summed E-state index contributed by atoms with van der Waals surface area (Å²) in [6.07, 6.45) is 8.05. The van der Waals surface area contributed by atoms with Gasteiger partial charge in [0.25, 0.3) is 0 Å². The molecule has 0 spiro atoms. The highest BCUT2D eigenvalue weighted by atomic mass is 16.2. The number of amides is 1. The van der Waals surface area contributed by atoms with Gasteiger partial charge in [-0.15, -0.1) is 0 Å². The molecule has 0 N–H and O–H groups in total. The Labute approximate surface area is 119 Å². The van der Waals surface area contributed by atoms with E-state index < -0.39 is 0 Å². The van der Waals surface area contributed by atoms with E-state index >= 15 is 0 Å². The highest BCUT2D eigenvalue weighted by Gasteiger charge is 2.23. The third-order valence-electron chi connectivity index (χ3n) is 4.51. The molecule has 1 amide bonds. The van der Waals surface area contributed by atoms with Crippen LogP contribution >= 0.6 is 0 Å². The summed E-state index contributed by atoms with van der Waals surface area (Å²) in [4.78, 5) is 14.2. The molecule has 0 atom stereocenters. The van der Waals surface area contributed by atoms with Gasteiger partial charge in [-0.1, -0.05) is 47.0 Å². The number of hydrogen-bond donors (Lipinski definition) is 0. The van der Waals surface area contributed by atoms with E-state index in [0.717, 1.165) is 43.7 Å². The van der Waals surface area contributed by atoms with E-state index in [0.29, 0.717) is 5.91 Å². The maximum Gasteiger partial charge on any atom is 0.222 e. The van der Waals surface area contributed by atoms with Gasteiger partial charge < -0.3 is 4.90 Å². The minimum Gasteiger partial charge on any atom is -0.343 e. The van der Waals surface area contributed by atoms with Crippen molar-refractivity contribution in [3.8, 4) is 0 Å². The van der Waals surface area contributed by atoms with Crippen LogP contribution in [0.3, 0.4) is 0 Å².